The summed E-state index contributed by atoms with van der Waals surface area (Å²) in [6.45, 7) is 2.10. The third-order valence-corrected chi connectivity index (χ3v) is 3.65. The van der Waals surface area contributed by atoms with Crippen LogP contribution in [0.1, 0.15) is 29.3 Å². The Morgan fingerprint density at radius 2 is 2.11 bits per heavy atom. The van der Waals surface area contributed by atoms with Crippen LogP contribution in [0.3, 0.4) is 0 Å². The molecule has 0 saturated heterocycles. The van der Waals surface area contributed by atoms with Crippen LogP contribution >= 0.6 is 0 Å². The van der Waals surface area contributed by atoms with Crippen LogP contribution in [-0.2, 0) is 6.42 Å². The second-order valence-corrected chi connectivity index (χ2v) is 4.93. The molecule has 1 unspecified atom stereocenters. The summed E-state index contributed by atoms with van der Waals surface area (Å²) in [4.78, 5) is 18.6. The van der Waals surface area contributed by atoms with Crippen molar-refractivity contribution >= 4 is 11.6 Å². The molecule has 1 aromatic carbocycles. The normalized spacial score (nSPS) is 17.9. The number of fused-ring (bicyclic) bond motifs is 1. The van der Waals surface area contributed by atoms with Gasteiger partial charge in [0.1, 0.15) is 0 Å². The van der Waals surface area contributed by atoms with Gasteiger partial charge in [0.2, 0.25) is 0 Å². The van der Waals surface area contributed by atoms with Crippen molar-refractivity contribution in [2.24, 2.45) is 0 Å². The zero-order valence-corrected chi connectivity index (χ0v) is 10.9. The number of benzene rings is 1. The first-order chi connectivity index (χ1) is 9.27. The number of nitrogens with zero attached hydrogens (tertiary/aromatic N) is 2. The van der Waals surface area contributed by atoms with Crippen LogP contribution in [0.2, 0.25) is 0 Å². The standard InChI is InChI=1S/C16H16N2O/c1-12-8-9-13-5-2-3-7-15(13)18(12)16(19)14-6-4-10-17-11-14/h2-7,10-12H,8-9H2,1H3. The molecule has 0 spiro atoms. The van der Waals surface area contributed by atoms with Gasteiger partial charge in [-0.2, -0.15) is 0 Å². The molecule has 0 bridgehead atoms. The summed E-state index contributed by atoms with van der Waals surface area (Å²) >= 11 is 0. The number of para-hydroxylation sites is 1. The fourth-order valence-electron chi connectivity index (χ4n) is 2.63. The quantitative estimate of drug-likeness (QED) is 0.781. The summed E-state index contributed by atoms with van der Waals surface area (Å²) < 4.78 is 0. The number of hydrogen-bond acceptors (Lipinski definition) is 2. The number of anilines is 1. The smallest absolute Gasteiger partial charge is 0.260 e. The zero-order chi connectivity index (χ0) is 13.2. The predicted molar refractivity (Wildman–Crippen MR) is 75.3 cm³/mol. The fraction of sp³-hybridized carbons (Fsp3) is 0.250. The number of hydrogen-bond donors (Lipinski definition) is 0. The van der Waals surface area contributed by atoms with Gasteiger partial charge in [0, 0.05) is 24.1 Å². The van der Waals surface area contributed by atoms with Gasteiger partial charge in [-0.1, -0.05) is 18.2 Å². The Hall–Kier alpha value is -2.16. The number of aromatic nitrogens is 1. The Kier molecular flexibility index (Phi) is 3.03. The first kappa shape index (κ1) is 11.9. The van der Waals surface area contributed by atoms with Crippen molar-refractivity contribution in [2.45, 2.75) is 25.8 Å². The average Bonchev–Trinajstić information content (AvgIpc) is 2.47. The van der Waals surface area contributed by atoms with Crippen LogP contribution in [0.15, 0.2) is 48.8 Å². The maximum atomic E-state index is 12.7. The van der Waals surface area contributed by atoms with E-state index in [1.165, 1.54) is 5.56 Å². The summed E-state index contributed by atoms with van der Waals surface area (Å²) in [5.41, 5.74) is 2.93. The lowest BCUT2D eigenvalue weighted by Crippen LogP contribution is -2.42. The summed E-state index contributed by atoms with van der Waals surface area (Å²) in [6.07, 6.45) is 5.35. The Morgan fingerprint density at radius 1 is 1.26 bits per heavy atom. The topological polar surface area (TPSA) is 33.2 Å². The summed E-state index contributed by atoms with van der Waals surface area (Å²) in [6, 6.07) is 12.0. The fourth-order valence-corrected chi connectivity index (χ4v) is 2.63. The third-order valence-electron chi connectivity index (χ3n) is 3.65. The van der Waals surface area contributed by atoms with E-state index in [4.69, 9.17) is 0 Å². The molecule has 3 nitrogen and oxygen atoms in total. The van der Waals surface area contributed by atoms with Gasteiger partial charge < -0.3 is 4.90 Å². The third kappa shape index (κ3) is 2.12. The van der Waals surface area contributed by atoms with E-state index in [1.54, 1.807) is 18.5 Å². The molecule has 96 valence electrons. The SMILES string of the molecule is CC1CCc2ccccc2N1C(=O)c1cccnc1. The lowest BCUT2D eigenvalue weighted by atomic mass is 9.96. The number of aryl methyl sites for hydroxylation is 1. The minimum Gasteiger partial charge on any atom is -0.305 e. The van der Waals surface area contributed by atoms with Gasteiger partial charge in [-0.3, -0.25) is 9.78 Å². The van der Waals surface area contributed by atoms with Crippen LogP contribution in [0.4, 0.5) is 5.69 Å². The molecule has 1 amide bonds. The minimum absolute atomic E-state index is 0.0350. The highest BCUT2D eigenvalue weighted by molar-refractivity contribution is 6.06. The second-order valence-electron chi connectivity index (χ2n) is 4.93. The molecule has 2 heterocycles. The van der Waals surface area contributed by atoms with Gasteiger partial charge in [-0.25, -0.2) is 0 Å². The number of amides is 1. The largest absolute Gasteiger partial charge is 0.305 e. The van der Waals surface area contributed by atoms with E-state index in [2.05, 4.69) is 18.0 Å². The van der Waals surface area contributed by atoms with Crippen LogP contribution < -0.4 is 4.90 Å². The van der Waals surface area contributed by atoms with Crippen molar-refractivity contribution < 1.29 is 4.79 Å². The molecule has 0 saturated carbocycles. The highest BCUT2D eigenvalue weighted by Gasteiger charge is 2.28. The highest BCUT2D eigenvalue weighted by atomic mass is 16.2. The molecule has 1 aliphatic heterocycles. The lowest BCUT2D eigenvalue weighted by molar-refractivity contribution is 0.0975. The predicted octanol–water partition coefficient (Wildman–Crippen LogP) is 3.06. The Balaban J connectivity index is 2.02. The van der Waals surface area contributed by atoms with Crippen LogP contribution in [-0.4, -0.2) is 16.9 Å². The highest BCUT2D eigenvalue weighted by Crippen LogP contribution is 2.31. The van der Waals surface area contributed by atoms with Gasteiger partial charge in [-0.05, 0) is 43.5 Å². The van der Waals surface area contributed by atoms with E-state index in [1.807, 2.05) is 29.2 Å². The summed E-state index contributed by atoms with van der Waals surface area (Å²) in [5.74, 6) is 0.0350. The van der Waals surface area contributed by atoms with Gasteiger partial charge in [0.15, 0.2) is 0 Å². The molecule has 1 aliphatic rings. The van der Waals surface area contributed by atoms with Crippen molar-refractivity contribution in [3.8, 4) is 0 Å². The van der Waals surface area contributed by atoms with Gasteiger partial charge >= 0.3 is 0 Å². The van der Waals surface area contributed by atoms with Gasteiger partial charge in [-0.15, -0.1) is 0 Å². The molecule has 3 rings (SSSR count). The lowest BCUT2D eigenvalue weighted by Gasteiger charge is -2.35. The first-order valence-electron chi connectivity index (χ1n) is 6.59. The first-order valence-corrected chi connectivity index (χ1v) is 6.59. The van der Waals surface area contributed by atoms with Crippen molar-refractivity contribution in [1.29, 1.82) is 0 Å². The molecule has 1 atom stereocenters. The molecule has 0 aliphatic carbocycles. The van der Waals surface area contributed by atoms with E-state index in [-0.39, 0.29) is 11.9 Å². The molecular formula is C16H16N2O. The molecule has 1 aromatic heterocycles. The van der Waals surface area contributed by atoms with Crippen molar-refractivity contribution in [3.05, 3.63) is 59.9 Å². The number of pyridine rings is 1. The monoisotopic (exact) mass is 252 g/mol. The molecule has 0 fully saturated rings. The minimum atomic E-state index is 0.0350. The molecular weight excluding hydrogens is 236 g/mol. The second kappa shape index (κ2) is 4.84. The Bertz CT molecular complexity index is 595. The molecule has 0 radical (unpaired) electrons. The number of carbonyl (C=O) groups excluding carboxylic acids is 1. The Labute approximate surface area is 112 Å². The van der Waals surface area contributed by atoms with Crippen molar-refractivity contribution in [3.63, 3.8) is 0 Å². The molecule has 0 N–H and O–H groups in total. The van der Waals surface area contributed by atoms with E-state index in [9.17, 15) is 4.79 Å². The summed E-state index contributed by atoms with van der Waals surface area (Å²) in [7, 11) is 0. The van der Waals surface area contributed by atoms with E-state index in [0.29, 0.717) is 5.56 Å². The molecule has 19 heavy (non-hydrogen) atoms. The molecule has 3 heteroatoms. The maximum Gasteiger partial charge on any atom is 0.260 e. The van der Waals surface area contributed by atoms with Gasteiger partial charge in [0.25, 0.3) is 5.91 Å². The van der Waals surface area contributed by atoms with Crippen LogP contribution in [0.25, 0.3) is 0 Å². The average molecular weight is 252 g/mol. The van der Waals surface area contributed by atoms with Crippen LogP contribution in [0, 0.1) is 0 Å². The van der Waals surface area contributed by atoms with Gasteiger partial charge in [0.05, 0.1) is 5.56 Å². The van der Waals surface area contributed by atoms with E-state index in [0.717, 1.165) is 18.5 Å². The van der Waals surface area contributed by atoms with Crippen molar-refractivity contribution in [1.82, 2.24) is 4.98 Å². The summed E-state index contributed by atoms with van der Waals surface area (Å²) in [5, 5.41) is 0. The Morgan fingerprint density at radius 3 is 2.89 bits per heavy atom. The van der Waals surface area contributed by atoms with E-state index < -0.39 is 0 Å². The van der Waals surface area contributed by atoms with Crippen molar-refractivity contribution in [2.75, 3.05) is 4.90 Å². The zero-order valence-electron chi connectivity index (χ0n) is 10.9. The van der Waals surface area contributed by atoms with E-state index >= 15 is 0 Å². The molecule has 2 aromatic rings. The number of carbonyl (C=O) groups is 1. The van der Waals surface area contributed by atoms with Crippen LogP contribution in [0.5, 0.6) is 0 Å². The maximum absolute atomic E-state index is 12.7. The number of rotatable bonds is 1.